The van der Waals surface area contributed by atoms with Crippen molar-refractivity contribution in [1.29, 1.82) is 0 Å². The van der Waals surface area contributed by atoms with Crippen LogP contribution in [-0.4, -0.2) is 61.6 Å². The lowest BCUT2D eigenvalue weighted by atomic mass is 10.0. The maximum absolute atomic E-state index is 12.1. The summed E-state index contributed by atoms with van der Waals surface area (Å²) in [4.78, 5) is 16.4. The van der Waals surface area contributed by atoms with Crippen molar-refractivity contribution in [2.24, 2.45) is 5.92 Å². The zero-order valence-electron chi connectivity index (χ0n) is 12.1. The quantitative estimate of drug-likeness (QED) is 0.732. The van der Waals surface area contributed by atoms with Crippen LogP contribution >= 0.6 is 10.7 Å². The zero-order valence-corrected chi connectivity index (χ0v) is 13.7. The Labute approximate surface area is 125 Å². The smallest absolute Gasteiger partial charge is 0.232 e. The normalized spacial score (nSPS) is 26.7. The summed E-state index contributed by atoms with van der Waals surface area (Å²) >= 11 is 0. The van der Waals surface area contributed by atoms with Gasteiger partial charge in [0.15, 0.2) is 0 Å². The van der Waals surface area contributed by atoms with Gasteiger partial charge in [0, 0.05) is 54.7 Å². The van der Waals surface area contributed by atoms with Crippen LogP contribution < -0.4 is 0 Å². The number of halogens is 1. The molecule has 0 aromatic heterocycles. The van der Waals surface area contributed by atoms with E-state index in [4.69, 9.17) is 10.7 Å². The third-order valence-electron chi connectivity index (χ3n) is 4.34. The molecular weight excluding hydrogens is 300 g/mol. The molecule has 0 N–H and O–H groups in total. The molecule has 2 rings (SSSR count). The first-order valence-corrected chi connectivity index (χ1v) is 9.70. The van der Waals surface area contributed by atoms with Gasteiger partial charge in [0.2, 0.25) is 15.0 Å². The van der Waals surface area contributed by atoms with Gasteiger partial charge in [0.1, 0.15) is 0 Å². The second-order valence-corrected chi connectivity index (χ2v) is 9.00. The molecule has 2 aliphatic heterocycles. The first-order chi connectivity index (χ1) is 9.26. The molecule has 0 radical (unpaired) electrons. The predicted octanol–water partition coefficient (Wildman–Crippen LogP) is 1.28. The Kier molecular flexibility index (Phi) is 4.97. The number of amides is 1. The molecular formula is C13H23ClN2O3S. The summed E-state index contributed by atoms with van der Waals surface area (Å²) in [6.45, 7) is 6.91. The third kappa shape index (κ3) is 4.09. The lowest BCUT2D eigenvalue weighted by Crippen LogP contribution is -2.47. The van der Waals surface area contributed by atoms with Gasteiger partial charge in [-0.1, -0.05) is 0 Å². The summed E-state index contributed by atoms with van der Waals surface area (Å²) in [5.41, 5.74) is 0. The van der Waals surface area contributed by atoms with Gasteiger partial charge in [-0.25, -0.2) is 8.42 Å². The van der Waals surface area contributed by atoms with E-state index in [1.807, 2.05) is 4.90 Å². The Morgan fingerprint density at radius 1 is 1.30 bits per heavy atom. The second-order valence-electron chi connectivity index (χ2n) is 6.18. The molecule has 0 aromatic rings. The molecule has 1 unspecified atom stereocenters. The number of likely N-dealkylation sites (tertiary alicyclic amines) is 2. The summed E-state index contributed by atoms with van der Waals surface area (Å²) in [6.07, 6.45) is 2.27. The van der Waals surface area contributed by atoms with E-state index >= 15 is 0 Å². The van der Waals surface area contributed by atoms with E-state index in [0.717, 1.165) is 25.9 Å². The second kappa shape index (κ2) is 6.20. The first-order valence-electron chi connectivity index (χ1n) is 7.22. The molecule has 2 fully saturated rings. The number of carbonyl (C=O) groups excluding carboxylic acids is 1. The highest BCUT2D eigenvalue weighted by atomic mass is 35.7. The van der Waals surface area contributed by atoms with Crippen molar-refractivity contribution in [1.82, 2.24) is 9.80 Å². The zero-order chi connectivity index (χ0) is 14.9. The van der Waals surface area contributed by atoms with Crippen LogP contribution in [0, 0.1) is 5.92 Å². The Bertz CT molecular complexity index is 458. The molecule has 0 spiro atoms. The van der Waals surface area contributed by atoms with E-state index in [-0.39, 0.29) is 23.6 Å². The van der Waals surface area contributed by atoms with Gasteiger partial charge in [-0.3, -0.25) is 4.79 Å². The molecule has 2 aliphatic rings. The highest BCUT2D eigenvalue weighted by Gasteiger charge is 2.37. The van der Waals surface area contributed by atoms with Crippen molar-refractivity contribution < 1.29 is 13.2 Å². The molecule has 1 atom stereocenters. The van der Waals surface area contributed by atoms with Gasteiger partial charge in [0.05, 0.1) is 5.75 Å². The fourth-order valence-corrected chi connectivity index (χ4v) is 4.59. The monoisotopic (exact) mass is 322 g/mol. The standard InChI is InChI=1S/C13H23ClN2O3S/c1-10(2)15-5-3-12(4-6-15)16-8-11(7-13(16)17)9-20(14,18)19/h10-12H,3-9H2,1-2H3. The van der Waals surface area contributed by atoms with Gasteiger partial charge in [-0.2, -0.15) is 0 Å². The van der Waals surface area contributed by atoms with Gasteiger partial charge < -0.3 is 9.80 Å². The maximum Gasteiger partial charge on any atom is 0.232 e. The number of nitrogens with zero attached hydrogens (tertiary/aromatic N) is 2. The molecule has 2 saturated heterocycles. The number of piperidine rings is 1. The third-order valence-corrected chi connectivity index (χ3v) is 5.59. The Balaban J connectivity index is 1.89. The summed E-state index contributed by atoms with van der Waals surface area (Å²) < 4.78 is 22.2. The lowest BCUT2D eigenvalue weighted by molar-refractivity contribution is -0.130. The SMILES string of the molecule is CC(C)N1CCC(N2CC(CS(=O)(=O)Cl)CC2=O)CC1. The van der Waals surface area contributed by atoms with E-state index in [0.29, 0.717) is 19.0 Å². The highest BCUT2D eigenvalue weighted by molar-refractivity contribution is 8.13. The maximum atomic E-state index is 12.1. The summed E-state index contributed by atoms with van der Waals surface area (Å²) in [6, 6.07) is 0.805. The largest absolute Gasteiger partial charge is 0.339 e. The topological polar surface area (TPSA) is 57.7 Å². The molecule has 0 aliphatic carbocycles. The van der Waals surface area contributed by atoms with Crippen LogP contribution in [-0.2, 0) is 13.8 Å². The minimum Gasteiger partial charge on any atom is -0.339 e. The molecule has 0 aromatic carbocycles. The van der Waals surface area contributed by atoms with Gasteiger partial charge in [-0.05, 0) is 26.7 Å². The van der Waals surface area contributed by atoms with Gasteiger partial charge >= 0.3 is 0 Å². The lowest BCUT2D eigenvalue weighted by Gasteiger charge is -2.38. The van der Waals surface area contributed by atoms with Gasteiger partial charge in [-0.15, -0.1) is 0 Å². The van der Waals surface area contributed by atoms with Crippen molar-refractivity contribution in [2.75, 3.05) is 25.4 Å². The average molecular weight is 323 g/mol. The van der Waals surface area contributed by atoms with E-state index in [1.54, 1.807) is 0 Å². The molecule has 0 saturated carbocycles. The molecule has 2 heterocycles. The van der Waals surface area contributed by atoms with Crippen molar-refractivity contribution in [3.8, 4) is 0 Å². The van der Waals surface area contributed by atoms with Crippen LogP contribution in [0.4, 0.5) is 0 Å². The van der Waals surface area contributed by atoms with Crippen LogP contribution in [0.25, 0.3) is 0 Å². The number of hydrogen-bond acceptors (Lipinski definition) is 4. The Morgan fingerprint density at radius 2 is 1.90 bits per heavy atom. The minimum atomic E-state index is -3.52. The summed E-state index contributed by atoms with van der Waals surface area (Å²) in [7, 11) is 1.76. The minimum absolute atomic E-state index is 0.0818. The Hall–Kier alpha value is -0.330. The average Bonchev–Trinajstić information content (AvgIpc) is 2.67. The summed E-state index contributed by atoms with van der Waals surface area (Å²) in [5, 5.41) is 0. The van der Waals surface area contributed by atoms with Crippen molar-refractivity contribution in [3.05, 3.63) is 0 Å². The fraction of sp³-hybridized carbons (Fsp3) is 0.923. The van der Waals surface area contributed by atoms with Crippen LogP contribution in [0.5, 0.6) is 0 Å². The molecule has 7 heteroatoms. The molecule has 5 nitrogen and oxygen atoms in total. The van der Waals surface area contributed by atoms with E-state index in [1.165, 1.54) is 0 Å². The van der Waals surface area contributed by atoms with Crippen LogP contribution in [0.15, 0.2) is 0 Å². The number of carbonyl (C=O) groups is 1. The first kappa shape index (κ1) is 16.0. The van der Waals surface area contributed by atoms with Crippen molar-refractivity contribution in [3.63, 3.8) is 0 Å². The van der Waals surface area contributed by atoms with E-state index in [2.05, 4.69) is 18.7 Å². The van der Waals surface area contributed by atoms with Crippen LogP contribution in [0.3, 0.4) is 0 Å². The number of hydrogen-bond donors (Lipinski definition) is 0. The molecule has 20 heavy (non-hydrogen) atoms. The highest BCUT2D eigenvalue weighted by Crippen LogP contribution is 2.27. The number of rotatable bonds is 4. The van der Waals surface area contributed by atoms with Crippen molar-refractivity contribution in [2.45, 2.75) is 45.2 Å². The molecule has 1 amide bonds. The molecule has 0 bridgehead atoms. The molecule has 116 valence electrons. The predicted molar refractivity (Wildman–Crippen MR) is 79.2 cm³/mol. The van der Waals surface area contributed by atoms with E-state index in [9.17, 15) is 13.2 Å². The van der Waals surface area contributed by atoms with Crippen molar-refractivity contribution >= 4 is 25.6 Å². The van der Waals surface area contributed by atoms with E-state index < -0.39 is 9.05 Å². The van der Waals surface area contributed by atoms with Crippen LogP contribution in [0.1, 0.15) is 33.1 Å². The van der Waals surface area contributed by atoms with Gasteiger partial charge in [0.25, 0.3) is 0 Å². The fourth-order valence-electron chi connectivity index (χ4n) is 3.27. The summed E-state index contributed by atoms with van der Waals surface area (Å²) in [5.74, 6) is -0.159. The van der Waals surface area contributed by atoms with Crippen LogP contribution in [0.2, 0.25) is 0 Å². The Morgan fingerprint density at radius 3 is 2.40 bits per heavy atom.